The standard InChI is InChI=1S/C13H11NO3/c15-12-7-11(13(16)17)14(8-5-6-8)10-4-2-1-3-9(10)12/h1-4,7-8H,5-6H2,(H,16,17). The Bertz CT molecular complexity index is 668. The fourth-order valence-electron chi connectivity index (χ4n) is 2.18. The summed E-state index contributed by atoms with van der Waals surface area (Å²) >= 11 is 0. The van der Waals surface area contributed by atoms with Crippen LogP contribution in [0.3, 0.4) is 0 Å². The molecule has 0 atom stereocenters. The van der Waals surface area contributed by atoms with E-state index in [9.17, 15) is 9.59 Å². The van der Waals surface area contributed by atoms with Crippen LogP contribution in [0.2, 0.25) is 0 Å². The van der Waals surface area contributed by atoms with Crippen LogP contribution >= 0.6 is 0 Å². The zero-order valence-corrected chi connectivity index (χ0v) is 9.09. The summed E-state index contributed by atoms with van der Waals surface area (Å²) in [5.41, 5.74) is 0.589. The first kappa shape index (κ1) is 10.1. The number of fused-ring (bicyclic) bond motifs is 1. The molecule has 0 aliphatic heterocycles. The molecule has 1 aliphatic carbocycles. The van der Waals surface area contributed by atoms with Gasteiger partial charge in [0.15, 0.2) is 5.43 Å². The van der Waals surface area contributed by atoms with Gasteiger partial charge >= 0.3 is 5.97 Å². The number of carbonyl (C=O) groups is 1. The molecule has 0 unspecified atom stereocenters. The summed E-state index contributed by atoms with van der Waals surface area (Å²) < 4.78 is 1.78. The number of hydrogen-bond acceptors (Lipinski definition) is 2. The second kappa shape index (κ2) is 3.45. The van der Waals surface area contributed by atoms with E-state index in [1.54, 1.807) is 16.7 Å². The van der Waals surface area contributed by atoms with E-state index in [2.05, 4.69) is 0 Å². The van der Waals surface area contributed by atoms with Gasteiger partial charge in [0.2, 0.25) is 0 Å². The van der Waals surface area contributed by atoms with Crippen LogP contribution in [-0.4, -0.2) is 15.6 Å². The highest BCUT2D eigenvalue weighted by Gasteiger charge is 2.28. The van der Waals surface area contributed by atoms with Gasteiger partial charge in [-0.2, -0.15) is 0 Å². The highest BCUT2D eigenvalue weighted by atomic mass is 16.4. The third-order valence-electron chi connectivity index (χ3n) is 3.09. The molecule has 1 saturated carbocycles. The second-order valence-electron chi connectivity index (χ2n) is 4.32. The lowest BCUT2D eigenvalue weighted by Gasteiger charge is -2.13. The molecule has 1 aromatic carbocycles. The molecule has 86 valence electrons. The average molecular weight is 229 g/mol. The van der Waals surface area contributed by atoms with Crippen molar-refractivity contribution < 1.29 is 9.90 Å². The lowest BCUT2D eigenvalue weighted by Crippen LogP contribution is -2.17. The van der Waals surface area contributed by atoms with E-state index in [0.29, 0.717) is 5.39 Å². The number of hydrogen-bond donors (Lipinski definition) is 1. The van der Waals surface area contributed by atoms with E-state index in [1.165, 1.54) is 6.07 Å². The Hall–Kier alpha value is -2.10. The van der Waals surface area contributed by atoms with Gasteiger partial charge in [-0.05, 0) is 25.0 Å². The molecule has 1 aliphatic rings. The van der Waals surface area contributed by atoms with Gasteiger partial charge < -0.3 is 9.67 Å². The zero-order chi connectivity index (χ0) is 12.0. The van der Waals surface area contributed by atoms with E-state index in [-0.39, 0.29) is 17.2 Å². The molecule has 0 radical (unpaired) electrons. The molecule has 2 aromatic rings. The van der Waals surface area contributed by atoms with Crippen LogP contribution in [0.5, 0.6) is 0 Å². The number of aromatic carboxylic acids is 1. The molecular formula is C13H11NO3. The normalized spacial score (nSPS) is 15.1. The molecule has 1 heterocycles. The van der Waals surface area contributed by atoms with Gasteiger partial charge in [-0.1, -0.05) is 12.1 Å². The van der Waals surface area contributed by atoms with Crippen molar-refractivity contribution in [1.82, 2.24) is 4.57 Å². The third kappa shape index (κ3) is 1.53. The van der Waals surface area contributed by atoms with E-state index in [1.807, 2.05) is 12.1 Å². The summed E-state index contributed by atoms with van der Waals surface area (Å²) in [6.07, 6.45) is 1.96. The molecule has 17 heavy (non-hydrogen) atoms. The van der Waals surface area contributed by atoms with Crippen LogP contribution in [0.1, 0.15) is 29.4 Å². The number of carboxylic acid groups (broad SMARTS) is 1. The van der Waals surface area contributed by atoms with Crippen molar-refractivity contribution in [2.45, 2.75) is 18.9 Å². The first-order valence-electron chi connectivity index (χ1n) is 5.56. The first-order chi connectivity index (χ1) is 8.18. The Kier molecular flexibility index (Phi) is 2.04. The maximum absolute atomic E-state index is 11.8. The molecular weight excluding hydrogens is 218 g/mol. The van der Waals surface area contributed by atoms with Crippen LogP contribution in [0.25, 0.3) is 10.9 Å². The molecule has 0 saturated heterocycles. The zero-order valence-electron chi connectivity index (χ0n) is 9.09. The molecule has 0 amide bonds. The maximum atomic E-state index is 11.8. The minimum absolute atomic E-state index is 0.0937. The highest BCUT2D eigenvalue weighted by molar-refractivity contribution is 5.90. The van der Waals surface area contributed by atoms with Gasteiger partial charge in [-0.25, -0.2) is 4.79 Å². The topological polar surface area (TPSA) is 59.3 Å². The number of benzene rings is 1. The minimum Gasteiger partial charge on any atom is -0.477 e. The monoisotopic (exact) mass is 229 g/mol. The largest absolute Gasteiger partial charge is 0.477 e. The summed E-state index contributed by atoms with van der Waals surface area (Å²) in [5.74, 6) is -1.04. The summed E-state index contributed by atoms with van der Waals surface area (Å²) in [6.45, 7) is 0. The minimum atomic E-state index is -1.04. The third-order valence-corrected chi connectivity index (χ3v) is 3.09. The Balaban J connectivity index is 2.45. The number of pyridine rings is 1. The molecule has 3 rings (SSSR count). The van der Waals surface area contributed by atoms with Crippen LogP contribution in [0.4, 0.5) is 0 Å². The lowest BCUT2D eigenvalue weighted by atomic mass is 10.1. The number of nitrogens with zero attached hydrogens (tertiary/aromatic N) is 1. The summed E-state index contributed by atoms with van der Waals surface area (Å²) in [5, 5.41) is 9.75. The molecule has 4 heteroatoms. The Morgan fingerprint density at radius 1 is 1.29 bits per heavy atom. The number of carboxylic acids is 1. The van der Waals surface area contributed by atoms with Crippen LogP contribution in [-0.2, 0) is 0 Å². The van der Waals surface area contributed by atoms with Crippen molar-refractivity contribution in [1.29, 1.82) is 0 Å². The quantitative estimate of drug-likeness (QED) is 0.857. The van der Waals surface area contributed by atoms with Crippen molar-refractivity contribution in [3.8, 4) is 0 Å². The molecule has 1 aromatic heterocycles. The van der Waals surface area contributed by atoms with Crippen molar-refractivity contribution >= 4 is 16.9 Å². The fraction of sp³-hybridized carbons (Fsp3) is 0.231. The molecule has 0 spiro atoms. The Morgan fingerprint density at radius 3 is 2.65 bits per heavy atom. The van der Waals surface area contributed by atoms with Gasteiger partial charge in [0.1, 0.15) is 5.69 Å². The Labute approximate surface area is 97.1 Å². The average Bonchev–Trinajstić information content (AvgIpc) is 3.13. The lowest BCUT2D eigenvalue weighted by molar-refractivity contribution is 0.0684. The number of aromatic nitrogens is 1. The molecule has 1 N–H and O–H groups in total. The predicted molar refractivity (Wildman–Crippen MR) is 63.4 cm³/mol. The highest BCUT2D eigenvalue weighted by Crippen LogP contribution is 2.37. The van der Waals surface area contributed by atoms with Gasteiger partial charge in [0.05, 0.1) is 5.52 Å². The van der Waals surface area contributed by atoms with E-state index >= 15 is 0 Å². The van der Waals surface area contributed by atoms with Crippen LogP contribution in [0, 0.1) is 0 Å². The number of rotatable bonds is 2. The van der Waals surface area contributed by atoms with Gasteiger partial charge in [0.25, 0.3) is 0 Å². The van der Waals surface area contributed by atoms with Gasteiger partial charge in [-0.3, -0.25) is 4.79 Å². The predicted octanol–water partition coefficient (Wildman–Crippen LogP) is 2.03. The number of para-hydroxylation sites is 1. The van der Waals surface area contributed by atoms with Crippen molar-refractivity contribution in [2.24, 2.45) is 0 Å². The van der Waals surface area contributed by atoms with Gasteiger partial charge in [0, 0.05) is 17.5 Å². The summed E-state index contributed by atoms with van der Waals surface area (Å²) in [6, 6.07) is 8.62. The van der Waals surface area contributed by atoms with Crippen LogP contribution < -0.4 is 5.43 Å². The SMILES string of the molecule is O=C(O)c1cc(=O)c2ccccc2n1C1CC1. The molecule has 1 fully saturated rings. The van der Waals surface area contributed by atoms with E-state index in [0.717, 1.165) is 18.4 Å². The smallest absolute Gasteiger partial charge is 0.352 e. The molecule has 0 bridgehead atoms. The first-order valence-corrected chi connectivity index (χ1v) is 5.56. The Morgan fingerprint density at radius 2 is 2.00 bits per heavy atom. The van der Waals surface area contributed by atoms with Gasteiger partial charge in [-0.15, -0.1) is 0 Å². The van der Waals surface area contributed by atoms with Crippen molar-refractivity contribution in [3.05, 3.63) is 46.2 Å². The van der Waals surface area contributed by atoms with E-state index < -0.39 is 5.97 Å². The van der Waals surface area contributed by atoms with E-state index in [4.69, 9.17) is 5.11 Å². The fourth-order valence-corrected chi connectivity index (χ4v) is 2.18. The summed E-state index contributed by atoms with van der Waals surface area (Å²) in [7, 11) is 0. The second-order valence-corrected chi connectivity index (χ2v) is 4.32. The van der Waals surface area contributed by atoms with Crippen molar-refractivity contribution in [3.63, 3.8) is 0 Å². The van der Waals surface area contributed by atoms with Crippen molar-refractivity contribution in [2.75, 3.05) is 0 Å². The summed E-state index contributed by atoms with van der Waals surface area (Å²) in [4.78, 5) is 23.0. The molecule has 4 nitrogen and oxygen atoms in total. The van der Waals surface area contributed by atoms with Crippen LogP contribution in [0.15, 0.2) is 35.1 Å². The maximum Gasteiger partial charge on any atom is 0.352 e.